The van der Waals surface area contributed by atoms with Gasteiger partial charge in [0.05, 0.1) is 16.2 Å². The molecule has 1 fully saturated rings. The summed E-state index contributed by atoms with van der Waals surface area (Å²) in [6.07, 6.45) is 1.71. The van der Waals surface area contributed by atoms with Crippen LogP contribution in [0.1, 0.15) is 15.9 Å². The summed E-state index contributed by atoms with van der Waals surface area (Å²) in [4.78, 5) is 27.7. The van der Waals surface area contributed by atoms with Gasteiger partial charge in [-0.25, -0.2) is 9.79 Å². The molecule has 2 N–H and O–H groups in total. The van der Waals surface area contributed by atoms with E-state index in [1.165, 1.54) is 23.9 Å². The molecule has 1 amide bonds. The molecular weight excluding hydrogens is 312 g/mol. The van der Waals surface area contributed by atoms with Crippen molar-refractivity contribution in [2.75, 3.05) is 0 Å². The van der Waals surface area contributed by atoms with E-state index in [9.17, 15) is 9.59 Å². The molecule has 23 heavy (non-hydrogen) atoms. The number of carbonyl (C=O) groups excluding carboxylic acids is 1. The van der Waals surface area contributed by atoms with Crippen LogP contribution in [-0.2, 0) is 4.79 Å². The maximum absolute atomic E-state index is 12.0. The zero-order chi connectivity index (χ0) is 16.2. The summed E-state index contributed by atoms with van der Waals surface area (Å²) >= 11 is 1.25. The highest BCUT2D eigenvalue weighted by molar-refractivity contribution is 8.18. The number of carboxylic acid groups (broad SMARTS) is 1. The number of aliphatic imine (C=N–C) groups is 1. The number of para-hydroxylation sites is 1. The van der Waals surface area contributed by atoms with Gasteiger partial charge in [-0.1, -0.05) is 30.3 Å². The smallest absolute Gasteiger partial charge is 0.335 e. The molecule has 3 rings (SSSR count). The first kappa shape index (κ1) is 15.1. The quantitative estimate of drug-likeness (QED) is 0.849. The molecule has 2 aromatic carbocycles. The van der Waals surface area contributed by atoms with Gasteiger partial charge in [-0.15, -0.1) is 0 Å². The Morgan fingerprint density at radius 3 is 2.43 bits per heavy atom. The van der Waals surface area contributed by atoms with E-state index in [1.807, 2.05) is 30.3 Å². The third-order valence-corrected chi connectivity index (χ3v) is 4.00. The van der Waals surface area contributed by atoms with Crippen LogP contribution in [0.5, 0.6) is 0 Å². The highest BCUT2D eigenvalue weighted by Gasteiger charge is 2.23. The van der Waals surface area contributed by atoms with E-state index >= 15 is 0 Å². The molecule has 5 nitrogen and oxygen atoms in total. The standard InChI is InChI=1S/C17H12N2O3S/c20-15-14(10-11-6-8-12(9-7-11)16(21)22)23-17(19-15)18-13-4-2-1-3-5-13/h1-10H,(H,21,22)(H,18,19,20). The maximum atomic E-state index is 12.0. The van der Waals surface area contributed by atoms with Crippen molar-refractivity contribution >= 4 is 40.6 Å². The number of amidine groups is 1. The molecule has 1 aliphatic heterocycles. The third kappa shape index (κ3) is 3.67. The number of carboxylic acids is 1. The van der Waals surface area contributed by atoms with Crippen molar-refractivity contribution in [2.24, 2.45) is 4.99 Å². The molecule has 114 valence electrons. The molecule has 0 aromatic heterocycles. The summed E-state index contributed by atoms with van der Waals surface area (Å²) in [6.45, 7) is 0. The van der Waals surface area contributed by atoms with Crippen LogP contribution in [0.3, 0.4) is 0 Å². The van der Waals surface area contributed by atoms with Crippen molar-refractivity contribution in [1.29, 1.82) is 0 Å². The van der Waals surface area contributed by atoms with Crippen LogP contribution in [0.2, 0.25) is 0 Å². The number of rotatable bonds is 3. The van der Waals surface area contributed by atoms with Gasteiger partial charge in [-0.05, 0) is 47.7 Å². The van der Waals surface area contributed by atoms with Gasteiger partial charge in [0.25, 0.3) is 5.91 Å². The van der Waals surface area contributed by atoms with Crippen molar-refractivity contribution in [2.45, 2.75) is 0 Å². The van der Waals surface area contributed by atoms with Crippen LogP contribution in [0.25, 0.3) is 6.08 Å². The number of amides is 1. The Kier molecular flexibility index (Phi) is 4.25. The summed E-state index contributed by atoms with van der Waals surface area (Å²) in [6, 6.07) is 15.7. The fraction of sp³-hybridized carbons (Fsp3) is 0. The second-order valence-corrected chi connectivity index (χ2v) is 5.78. The van der Waals surface area contributed by atoms with E-state index in [4.69, 9.17) is 5.11 Å². The zero-order valence-corrected chi connectivity index (χ0v) is 12.7. The number of aromatic carboxylic acids is 1. The minimum Gasteiger partial charge on any atom is -0.478 e. The molecule has 6 heteroatoms. The first-order valence-corrected chi connectivity index (χ1v) is 7.61. The molecular formula is C17H12N2O3S. The Morgan fingerprint density at radius 1 is 1.09 bits per heavy atom. The monoisotopic (exact) mass is 324 g/mol. The van der Waals surface area contributed by atoms with Crippen molar-refractivity contribution in [3.05, 3.63) is 70.6 Å². The number of hydrogen-bond donors (Lipinski definition) is 2. The molecule has 1 saturated heterocycles. The molecule has 2 aromatic rings. The van der Waals surface area contributed by atoms with Crippen LogP contribution in [-0.4, -0.2) is 22.2 Å². The Balaban J connectivity index is 1.80. The molecule has 0 spiro atoms. The van der Waals surface area contributed by atoms with Crippen LogP contribution in [0.15, 0.2) is 64.5 Å². The average molecular weight is 324 g/mol. The topological polar surface area (TPSA) is 78.8 Å². The van der Waals surface area contributed by atoms with Gasteiger partial charge in [0.2, 0.25) is 0 Å². The molecule has 1 heterocycles. The van der Waals surface area contributed by atoms with Crippen LogP contribution < -0.4 is 5.32 Å². The lowest BCUT2D eigenvalue weighted by molar-refractivity contribution is -0.115. The molecule has 0 atom stereocenters. The van der Waals surface area contributed by atoms with Crippen LogP contribution in [0, 0.1) is 0 Å². The van der Waals surface area contributed by atoms with E-state index in [2.05, 4.69) is 10.3 Å². The molecule has 0 saturated carbocycles. The molecule has 0 radical (unpaired) electrons. The minimum absolute atomic E-state index is 0.210. The van der Waals surface area contributed by atoms with E-state index in [-0.39, 0.29) is 11.5 Å². The summed E-state index contributed by atoms with van der Waals surface area (Å²) in [5.41, 5.74) is 1.73. The number of carbonyl (C=O) groups is 2. The molecule has 0 aliphatic carbocycles. The number of benzene rings is 2. The Labute approximate surface area is 136 Å². The number of nitrogens with zero attached hydrogens (tertiary/aromatic N) is 1. The van der Waals surface area contributed by atoms with Crippen molar-refractivity contribution in [3.8, 4) is 0 Å². The van der Waals surface area contributed by atoms with Crippen molar-refractivity contribution in [1.82, 2.24) is 5.32 Å². The van der Waals surface area contributed by atoms with Gasteiger partial charge in [0, 0.05) is 0 Å². The van der Waals surface area contributed by atoms with Gasteiger partial charge >= 0.3 is 5.97 Å². The zero-order valence-electron chi connectivity index (χ0n) is 11.9. The fourth-order valence-corrected chi connectivity index (χ4v) is 2.82. The average Bonchev–Trinajstić information content (AvgIpc) is 2.88. The van der Waals surface area contributed by atoms with Gasteiger partial charge in [0.1, 0.15) is 0 Å². The highest BCUT2D eigenvalue weighted by Crippen LogP contribution is 2.27. The van der Waals surface area contributed by atoms with Crippen molar-refractivity contribution < 1.29 is 14.7 Å². The van der Waals surface area contributed by atoms with Gasteiger partial charge < -0.3 is 10.4 Å². The second-order valence-electron chi connectivity index (χ2n) is 4.74. The molecule has 1 aliphatic rings. The lowest BCUT2D eigenvalue weighted by atomic mass is 10.1. The lowest BCUT2D eigenvalue weighted by Crippen LogP contribution is -2.19. The van der Waals surface area contributed by atoms with Gasteiger partial charge in [0.15, 0.2) is 5.17 Å². The van der Waals surface area contributed by atoms with E-state index in [1.54, 1.807) is 18.2 Å². The molecule has 0 bridgehead atoms. The normalized spacial score (nSPS) is 17.5. The van der Waals surface area contributed by atoms with Crippen LogP contribution in [0.4, 0.5) is 5.69 Å². The van der Waals surface area contributed by atoms with E-state index < -0.39 is 5.97 Å². The Bertz CT molecular complexity index is 811. The predicted octanol–water partition coefficient (Wildman–Crippen LogP) is 3.28. The number of thioether (sulfide) groups is 1. The summed E-state index contributed by atoms with van der Waals surface area (Å²) in [5, 5.41) is 12.1. The number of hydrogen-bond acceptors (Lipinski definition) is 4. The van der Waals surface area contributed by atoms with Gasteiger partial charge in [-0.3, -0.25) is 4.79 Å². The second kappa shape index (κ2) is 6.50. The predicted molar refractivity (Wildman–Crippen MR) is 90.6 cm³/mol. The number of nitrogens with one attached hydrogen (secondary N) is 1. The summed E-state index contributed by atoms with van der Waals surface area (Å²) in [7, 11) is 0. The van der Waals surface area contributed by atoms with Crippen LogP contribution >= 0.6 is 11.8 Å². The Morgan fingerprint density at radius 2 is 1.78 bits per heavy atom. The van der Waals surface area contributed by atoms with E-state index in [0.29, 0.717) is 10.1 Å². The summed E-state index contributed by atoms with van der Waals surface area (Å²) in [5.74, 6) is -1.19. The third-order valence-electron chi connectivity index (χ3n) is 3.09. The summed E-state index contributed by atoms with van der Waals surface area (Å²) < 4.78 is 0. The van der Waals surface area contributed by atoms with Crippen molar-refractivity contribution in [3.63, 3.8) is 0 Å². The molecule has 0 unspecified atom stereocenters. The maximum Gasteiger partial charge on any atom is 0.335 e. The van der Waals surface area contributed by atoms with Gasteiger partial charge in [-0.2, -0.15) is 0 Å². The SMILES string of the molecule is O=C1NC(=Nc2ccccc2)SC1=Cc1ccc(C(=O)O)cc1. The first-order valence-electron chi connectivity index (χ1n) is 6.80. The van der Waals surface area contributed by atoms with E-state index in [0.717, 1.165) is 11.3 Å². The Hall–Kier alpha value is -2.86. The first-order chi connectivity index (χ1) is 11.1. The minimum atomic E-state index is -0.977. The highest BCUT2D eigenvalue weighted by atomic mass is 32.2. The fourth-order valence-electron chi connectivity index (χ4n) is 1.97. The largest absolute Gasteiger partial charge is 0.478 e. The lowest BCUT2D eigenvalue weighted by Gasteiger charge is -1.97.